The van der Waals surface area contributed by atoms with Gasteiger partial charge in [-0.05, 0) is 18.4 Å². The highest BCUT2D eigenvalue weighted by molar-refractivity contribution is 5.66. The molecule has 0 aliphatic rings. The van der Waals surface area contributed by atoms with Crippen LogP contribution in [0.4, 0.5) is 0 Å². The Bertz CT molecular complexity index is 522. The van der Waals surface area contributed by atoms with Crippen molar-refractivity contribution < 1.29 is 14.4 Å². The van der Waals surface area contributed by atoms with E-state index in [0.717, 1.165) is 12.8 Å². The zero-order valence-corrected chi connectivity index (χ0v) is 10.6. The van der Waals surface area contributed by atoms with Crippen molar-refractivity contribution in [1.82, 2.24) is 10.1 Å². The lowest BCUT2D eigenvalue weighted by Gasteiger charge is -1.96. The second-order valence-corrected chi connectivity index (χ2v) is 4.34. The van der Waals surface area contributed by atoms with Crippen molar-refractivity contribution in [3.05, 3.63) is 47.6 Å². The fraction of sp³-hybridized carbons (Fsp3) is 0.357. The molecule has 2 rings (SSSR count). The maximum atomic E-state index is 10.4. The molecule has 1 aromatic carbocycles. The van der Waals surface area contributed by atoms with Crippen molar-refractivity contribution in [2.24, 2.45) is 0 Å². The zero-order valence-electron chi connectivity index (χ0n) is 10.6. The third-order valence-corrected chi connectivity index (χ3v) is 2.77. The molecule has 1 aromatic heterocycles. The first kappa shape index (κ1) is 13.3. The van der Waals surface area contributed by atoms with Crippen LogP contribution in [0.3, 0.4) is 0 Å². The summed E-state index contributed by atoms with van der Waals surface area (Å²) in [6.45, 7) is 0. The van der Waals surface area contributed by atoms with Crippen LogP contribution < -0.4 is 0 Å². The van der Waals surface area contributed by atoms with Gasteiger partial charge >= 0.3 is 5.97 Å². The normalized spacial score (nSPS) is 10.5. The Morgan fingerprint density at radius 2 is 1.95 bits per heavy atom. The van der Waals surface area contributed by atoms with Gasteiger partial charge in [-0.25, -0.2) is 0 Å². The average Bonchev–Trinajstić information content (AvgIpc) is 2.85. The van der Waals surface area contributed by atoms with Gasteiger partial charge in [-0.15, -0.1) is 0 Å². The van der Waals surface area contributed by atoms with E-state index in [0.29, 0.717) is 24.6 Å². The van der Waals surface area contributed by atoms with Crippen LogP contribution in [0.1, 0.15) is 30.1 Å². The molecule has 0 aliphatic carbocycles. The highest BCUT2D eigenvalue weighted by atomic mass is 16.5. The van der Waals surface area contributed by atoms with Crippen molar-refractivity contribution in [2.75, 3.05) is 0 Å². The fourth-order valence-electron chi connectivity index (χ4n) is 1.78. The summed E-state index contributed by atoms with van der Waals surface area (Å²) in [4.78, 5) is 14.6. The third-order valence-electron chi connectivity index (χ3n) is 2.77. The minimum absolute atomic E-state index is 0.127. The molecule has 0 saturated heterocycles. The number of aliphatic carboxylic acids is 1. The summed E-state index contributed by atoms with van der Waals surface area (Å²) in [5.41, 5.74) is 1.24. The van der Waals surface area contributed by atoms with E-state index >= 15 is 0 Å². The molecule has 1 heterocycles. The molecule has 5 nitrogen and oxygen atoms in total. The maximum Gasteiger partial charge on any atom is 0.303 e. The first-order valence-corrected chi connectivity index (χ1v) is 6.31. The minimum Gasteiger partial charge on any atom is -0.481 e. The third kappa shape index (κ3) is 4.54. The van der Waals surface area contributed by atoms with Gasteiger partial charge < -0.3 is 9.63 Å². The lowest BCUT2D eigenvalue weighted by molar-refractivity contribution is -0.137. The molecule has 0 unspecified atom stereocenters. The summed E-state index contributed by atoms with van der Waals surface area (Å²) in [5.74, 6) is 0.391. The summed E-state index contributed by atoms with van der Waals surface area (Å²) in [6.07, 6.45) is 2.77. The molecule has 19 heavy (non-hydrogen) atoms. The van der Waals surface area contributed by atoms with Crippen LogP contribution in [-0.2, 0) is 24.1 Å². The second kappa shape index (κ2) is 6.68. The highest BCUT2D eigenvalue weighted by Crippen LogP contribution is 2.07. The summed E-state index contributed by atoms with van der Waals surface area (Å²) in [7, 11) is 0. The number of hydrogen-bond acceptors (Lipinski definition) is 4. The molecule has 0 saturated carbocycles. The number of aryl methyl sites for hydroxylation is 3. The van der Waals surface area contributed by atoms with E-state index in [-0.39, 0.29) is 6.42 Å². The van der Waals surface area contributed by atoms with Crippen molar-refractivity contribution >= 4 is 5.97 Å². The number of benzene rings is 1. The van der Waals surface area contributed by atoms with Crippen LogP contribution in [0.25, 0.3) is 0 Å². The number of hydrogen-bond donors (Lipinski definition) is 1. The topological polar surface area (TPSA) is 76.2 Å². The van der Waals surface area contributed by atoms with E-state index < -0.39 is 5.97 Å². The zero-order chi connectivity index (χ0) is 13.5. The van der Waals surface area contributed by atoms with E-state index in [2.05, 4.69) is 22.3 Å². The van der Waals surface area contributed by atoms with Crippen LogP contribution in [0.2, 0.25) is 0 Å². The highest BCUT2D eigenvalue weighted by Gasteiger charge is 2.07. The number of carbonyl (C=O) groups is 1. The van der Waals surface area contributed by atoms with Gasteiger partial charge in [0.15, 0.2) is 5.82 Å². The van der Waals surface area contributed by atoms with E-state index in [4.69, 9.17) is 9.63 Å². The molecular formula is C14H16N2O3. The predicted molar refractivity (Wildman–Crippen MR) is 68.7 cm³/mol. The quantitative estimate of drug-likeness (QED) is 0.826. The van der Waals surface area contributed by atoms with Crippen LogP contribution in [0.5, 0.6) is 0 Å². The van der Waals surface area contributed by atoms with Gasteiger partial charge in [0.05, 0.1) is 0 Å². The van der Waals surface area contributed by atoms with Crippen molar-refractivity contribution in [3.8, 4) is 0 Å². The molecule has 0 bridgehead atoms. The summed E-state index contributed by atoms with van der Waals surface area (Å²) in [6, 6.07) is 10.1. The largest absolute Gasteiger partial charge is 0.481 e. The second-order valence-electron chi connectivity index (χ2n) is 4.34. The number of rotatable bonds is 7. The van der Waals surface area contributed by atoms with Gasteiger partial charge in [0.1, 0.15) is 0 Å². The molecule has 0 aliphatic heterocycles. The molecule has 1 N–H and O–H groups in total. The smallest absolute Gasteiger partial charge is 0.303 e. The number of nitrogens with zero attached hydrogens (tertiary/aromatic N) is 2. The van der Waals surface area contributed by atoms with Gasteiger partial charge in [0, 0.05) is 19.3 Å². The van der Waals surface area contributed by atoms with Crippen LogP contribution in [0.15, 0.2) is 34.9 Å². The van der Waals surface area contributed by atoms with Gasteiger partial charge in [0.2, 0.25) is 5.89 Å². The van der Waals surface area contributed by atoms with Gasteiger partial charge in [-0.3, -0.25) is 4.79 Å². The Morgan fingerprint density at radius 1 is 1.16 bits per heavy atom. The Balaban J connectivity index is 1.79. The van der Waals surface area contributed by atoms with E-state index in [1.165, 1.54) is 5.56 Å². The fourth-order valence-corrected chi connectivity index (χ4v) is 1.78. The molecular weight excluding hydrogens is 244 g/mol. The Labute approximate surface area is 111 Å². The standard InChI is InChI=1S/C14H16N2O3/c17-14(18)8-4-7-13-15-12(16-19-13)10-9-11-5-2-1-3-6-11/h1-3,5-6H,4,7-10H2,(H,17,18). The molecule has 0 atom stereocenters. The lowest BCUT2D eigenvalue weighted by Crippen LogP contribution is -1.97. The molecule has 0 spiro atoms. The first-order chi connectivity index (χ1) is 9.24. The Kier molecular flexibility index (Phi) is 4.66. The van der Waals surface area contributed by atoms with E-state index in [9.17, 15) is 4.79 Å². The number of aromatic nitrogens is 2. The Morgan fingerprint density at radius 3 is 2.68 bits per heavy atom. The number of carboxylic acids is 1. The average molecular weight is 260 g/mol. The van der Waals surface area contributed by atoms with Crippen LogP contribution in [-0.4, -0.2) is 21.2 Å². The molecule has 0 radical (unpaired) electrons. The first-order valence-electron chi connectivity index (χ1n) is 6.31. The SMILES string of the molecule is O=C(O)CCCc1nc(CCc2ccccc2)no1. The molecule has 0 fully saturated rings. The number of carboxylic acid groups (broad SMARTS) is 1. The maximum absolute atomic E-state index is 10.4. The molecule has 0 amide bonds. The molecule has 100 valence electrons. The van der Waals surface area contributed by atoms with Crippen molar-refractivity contribution in [3.63, 3.8) is 0 Å². The van der Waals surface area contributed by atoms with Gasteiger partial charge in [0.25, 0.3) is 0 Å². The van der Waals surface area contributed by atoms with Gasteiger partial charge in [-0.1, -0.05) is 35.5 Å². The van der Waals surface area contributed by atoms with E-state index in [1.54, 1.807) is 0 Å². The summed E-state index contributed by atoms with van der Waals surface area (Å²) < 4.78 is 5.08. The Hall–Kier alpha value is -2.17. The van der Waals surface area contributed by atoms with Gasteiger partial charge in [-0.2, -0.15) is 4.98 Å². The molecule has 5 heteroatoms. The molecule has 2 aromatic rings. The monoisotopic (exact) mass is 260 g/mol. The van der Waals surface area contributed by atoms with Crippen LogP contribution in [0, 0.1) is 0 Å². The van der Waals surface area contributed by atoms with Crippen LogP contribution >= 0.6 is 0 Å². The van der Waals surface area contributed by atoms with Crippen molar-refractivity contribution in [1.29, 1.82) is 0 Å². The predicted octanol–water partition coefficient (Wildman–Crippen LogP) is 2.26. The van der Waals surface area contributed by atoms with E-state index in [1.807, 2.05) is 18.2 Å². The summed E-state index contributed by atoms with van der Waals surface area (Å²) in [5, 5.41) is 12.4. The minimum atomic E-state index is -0.802. The van der Waals surface area contributed by atoms with Crippen molar-refractivity contribution in [2.45, 2.75) is 32.1 Å². The lowest BCUT2D eigenvalue weighted by atomic mass is 10.1. The summed E-state index contributed by atoms with van der Waals surface area (Å²) >= 11 is 0.